The minimum atomic E-state index is -4.35. The van der Waals surface area contributed by atoms with Gasteiger partial charge in [0.1, 0.15) is 5.75 Å². The lowest BCUT2D eigenvalue weighted by atomic mass is 9.93. The van der Waals surface area contributed by atoms with E-state index in [1.165, 1.54) is 12.1 Å². The van der Waals surface area contributed by atoms with Gasteiger partial charge in [-0.25, -0.2) is 0 Å². The highest BCUT2D eigenvalue weighted by Gasteiger charge is 2.30. The first kappa shape index (κ1) is 17.6. The summed E-state index contributed by atoms with van der Waals surface area (Å²) in [6.45, 7) is 1.81. The van der Waals surface area contributed by atoms with E-state index in [9.17, 15) is 18.0 Å². The molecule has 0 aliphatic carbocycles. The lowest BCUT2D eigenvalue weighted by Crippen LogP contribution is -2.43. The highest BCUT2D eigenvalue weighted by atomic mass is 19.4. The van der Waals surface area contributed by atoms with Crippen LogP contribution in [0.3, 0.4) is 0 Å². The predicted octanol–water partition coefficient (Wildman–Crippen LogP) is 3.31. The molecule has 0 saturated carbocycles. The van der Waals surface area contributed by atoms with E-state index in [1.54, 1.807) is 12.1 Å². The molecule has 23 heavy (non-hydrogen) atoms. The zero-order valence-corrected chi connectivity index (χ0v) is 12.8. The van der Waals surface area contributed by atoms with Crippen LogP contribution in [0.4, 0.5) is 13.2 Å². The number of hydrogen-bond acceptors (Lipinski definition) is 3. The van der Waals surface area contributed by atoms with Gasteiger partial charge in [0.2, 0.25) is 0 Å². The average Bonchev–Trinajstić information content (AvgIpc) is 2.48. The first-order valence-corrected chi connectivity index (χ1v) is 7.50. The van der Waals surface area contributed by atoms with Gasteiger partial charge in [-0.15, -0.1) is 0 Å². The van der Waals surface area contributed by atoms with E-state index < -0.39 is 18.8 Å². The van der Waals surface area contributed by atoms with Crippen LogP contribution < -0.4 is 4.74 Å². The third-order valence-corrected chi connectivity index (χ3v) is 4.07. The van der Waals surface area contributed by atoms with E-state index in [-0.39, 0.29) is 17.7 Å². The molecule has 4 nitrogen and oxygen atoms in total. The Kier molecular flexibility index (Phi) is 5.51. The molecule has 0 aromatic heterocycles. The molecular weight excluding hydrogens is 311 g/mol. The molecule has 1 aromatic carbocycles. The van der Waals surface area contributed by atoms with Crippen molar-refractivity contribution in [2.45, 2.75) is 38.5 Å². The van der Waals surface area contributed by atoms with Gasteiger partial charge in [-0.05, 0) is 37.5 Å². The first-order chi connectivity index (χ1) is 10.7. The Morgan fingerprint density at radius 1 is 1.30 bits per heavy atom. The molecule has 0 bridgehead atoms. The summed E-state index contributed by atoms with van der Waals surface area (Å²) < 4.78 is 41.0. The van der Waals surface area contributed by atoms with Gasteiger partial charge in [0.25, 0.3) is 0 Å². The third kappa shape index (κ3) is 5.42. The van der Waals surface area contributed by atoms with E-state index in [4.69, 9.17) is 5.11 Å². The Labute approximate surface area is 132 Å². The van der Waals surface area contributed by atoms with E-state index in [2.05, 4.69) is 16.6 Å². The van der Waals surface area contributed by atoms with Crippen LogP contribution in [0.25, 0.3) is 0 Å². The SMILES string of the molecule is CC1CCC(C(=O)O)CN1Cc1ccc(OCC(F)(F)F)cc1. The van der Waals surface area contributed by atoms with Crippen LogP contribution in [0.15, 0.2) is 24.3 Å². The number of nitrogens with zero attached hydrogens (tertiary/aromatic N) is 1. The van der Waals surface area contributed by atoms with Gasteiger partial charge in [0, 0.05) is 19.1 Å². The van der Waals surface area contributed by atoms with Gasteiger partial charge in [-0.3, -0.25) is 9.69 Å². The second kappa shape index (κ2) is 7.21. The van der Waals surface area contributed by atoms with Gasteiger partial charge in [0.05, 0.1) is 5.92 Å². The van der Waals surface area contributed by atoms with E-state index in [1.807, 2.05) is 0 Å². The van der Waals surface area contributed by atoms with Crippen LogP contribution in [-0.4, -0.2) is 41.3 Å². The van der Waals surface area contributed by atoms with Crippen LogP contribution in [0.2, 0.25) is 0 Å². The number of ether oxygens (including phenoxy) is 1. The second-order valence-corrected chi connectivity index (χ2v) is 5.94. The quantitative estimate of drug-likeness (QED) is 0.899. The van der Waals surface area contributed by atoms with E-state index >= 15 is 0 Å². The van der Waals surface area contributed by atoms with Crippen molar-refractivity contribution < 1.29 is 27.8 Å². The third-order valence-electron chi connectivity index (χ3n) is 4.07. The Balaban J connectivity index is 1.93. The number of carboxylic acid groups (broad SMARTS) is 1. The van der Waals surface area contributed by atoms with Crippen molar-refractivity contribution in [1.29, 1.82) is 0 Å². The van der Waals surface area contributed by atoms with Crippen LogP contribution in [0.1, 0.15) is 25.3 Å². The van der Waals surface area contributed by atoms with Gasteiger partial charge in [-0.2, -0.15) is 13.2 Å². The maximum Gasteiger partial charge on any atom is 0.422 e. The Morgan fingerprint density at radius 2 is 1.96 bits per heavy atom. The highest BCUT2D eigenvalue weighted by molar-refractivity contribution is 5.70. The fourth-order valence-electron chi connectivity index (χ4n) is 2.69. The van der Waals surface area contributed by atoms with Crippen molar-refractivity contribution in [2.75, 3.05) is 13.2 Å². The number of aliphatic carboxylic acids is 1. The summed E-state index contributed by atoms with van der Waals surface area (Å²) in [6.07, 6.45) is -2.85. The number of benzene rings is 1. The van der Waals surface area contributed by atoms with Gasteiger partial charge < -0.3 is 9.84 Å². The summed E-state index contributed by atoms with van der Waals surface area (Å²) in [5.74, 6) is -0.973. The van der Waals surface area contributed by atoms with Crippen LogP contribution in [0.5, 0.6) is 5.75 Å². The zero-order valence-electron chi connectivity index (χ0n) is 12.8. The maximum atomic E-state index is 12.1. The van der Waals surface area contributed by atoms with Gasteiger partial charge >= 0.3 is 12.1 Å². The van der Waals surface area contributed by atoms with Crippen molar-refractivity contribution in [3.8, 4) is 5.75 Å². The topological polar surface area (TPSA) is 49.8 Å². The molecule has 2 atom stereocenters. The molecule has 1 heterocycles. The summed E-state index contributed by atoms with van der Waals surface area (Å²) in [6, 6.07) is 6.71. The normalized spacial score (nSPS) is 22.8. The maximum absolute atomic E-state index is 12.1. The van der Waals surface area contributed by atoms with Crippen molar-refractivity contribution in [3.05, 3.63) is 29.8 Å². The molecular formula is C16H20F3NO3. The molecule has 1 aromatic rings. The van der Waals surface area contributed by atoms with Crippen molar-refractivity contribution >= 4 is 5.97 Å². The second-order valence-electron chi connectivity index (χ2n) is 5.94. The summed E-state index contributed by atoms with van der Waals surface area (Å²) in [4.78, 5) is 13.2. The number of likely N-dealkylation sites (tertiary alicyclic amines) is 1. The molecule has 0 spiro atoms. The number of alkyl halides is 3. The molecule has 128 valence electrons. The first-order valence-electron chi connectivity index (χ1n) is 7.50. The Morgan fingerprint density at radius 3 is 2.52 bits per heavy atom. The average molecular weight is 331 g/mol. The number of piperidine rings is 1. The number of carbonyl (C=O) groups is 1. The van der Waals surface area contributed by atoms with Crippen molar-refractivity contribution in [3.63, 3.8) is 0 Å². The monoisotopic (exact) mass is 331 g/mol. The predicted molar refractivity (Wildman–Crippen MR) is 78.2 cm³/mol. The summed E-state index contributed by atoms with van der Waals surface area (Å²) in [5.41, 5.74) is 0.919. The molecule has 1 aliphatic heterocycles. The molecule has 7 heteroatoms. The van der Waals surface area contributed by atoms with Crippen LogP contribution in [-0.2, 0) is 11.3 Å². The minimum Gasteiger partial charge on any atom is -0.484 e. The Bertz CT molecular complexity index is 530. The van der Waals surface area contributed by atoms with E-state index in [0.717, 1.165) is 12.0 Å². The van der Waals surface area contributed by atoms with Gasteiger partial charge in [-0.1, -0.05) is 12.1 Å². The summed E-state index contributed by atoms with van der Waals surface area (Å²) >= 11 is 0. The van der Waals surface area contributed by atoms with Gasteiger partial charge in [0.15, 0.2) is 6.61 Å². The molecule has 2 rings (SSSR count). The fraction of sp³-hybridized carbons (Fsp3) is 0.562. The number of halogens is 3. The fourth-order valence-corrected chi connectivity index (χ4v) is 2.69. The number of hydrogen-bond donors (Lipinski definition) is 1. The molecule has 1 N–H and O–H groups in total. The molecule has 1 fully saturated rings. The summed E-state index contributed by atoms with van der Waals surface area (Å²) in [7, 11) is 0. The minimum absolute atomic E-state index is 0.168. The number of carboxylic acids is 1. The lowest BCUT2D eigenvalue weighted by Gasteiger charge is -2.36. The molecule has 0 amide bonds. The van der Waals surface area contributed by atoms with E-state index in [0.29, 0.717) is 19.5 Å². The highest BCUT2D eigenvalue weighted by Crippen LogP contribution is 2.25. The zero-order chi connectivity index (χ0) is 17.0. The van der Waals surface area contributed by atoms with Crippen molar-refractivity contribution in [2.24, 2.45) is 5.92 Å². The molecule has 1 saturated heterocycles. The Hall–Kier alpha value is -1.76. The molecule has 1 aliphatic rings. The standard InChI is InChI=1S/C16H20F3NO3/c1-11-2-5-13(15(21)22)9-20(11)8-12-3-6-14(7-4-12)23-10-16(17,18)19/h3-4,6-7,11,13H,2,5,8-10H2,1H3,(H,21,22). The largest absolute Gasteiger partial charge is 0.484 e. The van der Waals surface area contributed by atoms with Crippen molar-refractivity contribution in [1.82, 2.24) is 4.90 Å². The molecule has 2 unspecified atom stereocenters. The van der Waals surface area contributed by atoms with Crippen LogP contribution >= 0.6 is 0 Å². The smallest absolute Gasteiger partial charge is 0.422 e. The molecule has 0 radical (unpaired) electrons. The van der Waals surface area contributed by atoms with Crippen LogP contribution in [0, 0.1) is 5.92 Å². The number of rotatable bonds is 5. The summed E-state index contributed by atoms with van der Waals surface area (Å²) in [5, 5.41) is 9.13. The lowest BCUT2D eigenvalue weighted by molar-refractivity contribution is -0.153.